The van der Waals surface area contributed by atoms with E-state index in [4.69, 9.17) is 11.6 Å². The van der Waals surface area contributed by atoms with Crippen molar-refractivity contribution in [1.82, 2.24) is 4.98 Å². The van der Waals surface area contributed by atoms with Crippen LogP contribution in [-0.2, 0) is 16.3 Å². The number of benzene rings is 2. The molecule has 0 unspecified atom stereocenters. The topological polar surface area (TPSA) is 56.3 Å². The van der Waals surface area contributed by atoms with E-state index < -0.39 is 33.1 Å². The predicted octanol–water partition coefficient (Wildman–Crippen LogP) is 6.11. The largest absolute Gasteiger partial charge is 0.534 e. The molecule has 160 valence electrons. The van der Waals surface area contributed by atoms with Gasteiger partial charge in [0.1, 0.15) is 5.75 Å². The number of nitrogens with zero attached hydrogens (tertiary/aromatic N) is 1. The normalized spacial score (nSPS) is 12.9. The van der Waals surface area contributed by atoms with Crippen molar-refractivity contribution in [2.75, 3.05) is 0 Å². The minimum Gasteiger partial charge on any atom is -0.376 e. The molecule has 1 aromatic heterocycles. The van der Waals surface area contributed by atoms with Crippen LogP contribution in [0.25, 0.3) is 22.0 Å². The fraction of sp³-hybridized carbons (Fsp3) is 0.167. The first kappa shape index (κ1) is 22.2. The van der Waals surface area contributed by atoms with Gasteiger partial charge in [0.25, 0.3) is 0 Å². The van der Waals surface area contributed by atoms with Crippen LogP contribution in [0.2, 0.25) is 5.02 Å². The van der Waals surface area contributed by atoms with E-state index in [0.717, 1.165) is 30.3 Å². The third-order valence-corrected chi connectivity index (χ3v) is 5.30. The van der Waals surface area contributed by atoms with Gasteiger partial charge in [-0.2, -0.15) is 34.8 Å². The molecule has 0 atom stereocenters. The summed E-state index contributed by atoms with van der Waals surface area (Å²) in [6.07, 6.45) is -4.70. The summed E-state index contributed by atoms with van der Waals surface area (Å²) in [6.45, 7) is 1.43. The van der Waals surface area contributed by atoms with Crippen molar-refractivity contribution in [1.29, 1.82) is 0 Å². The third kappa shape index (κ3) is 4.17. The zero-order valence-electron chi connectivity index (χ0n) is 14.8. The molecule has 0 radical (unpaired) electrons. The lowest BCUT2D eigenvalue weighted by atomic mass is 9.98. The van der Waals surface area contributed by atoms with Gasteiger partial charge in [-0.25, -0.2) is 0 Å². The Kier molecular flexibility index (Phi) is 5.40. The lowest BCUT2D eigenvalue weighted by molar-refractivity contribution is -0.136. The van der Waals surface area contributed by atoms with Crippen LogP contribution in [0, 0.1) is 6.92 Å². The molecule has 12 heteroatoms. The molecule has 30 heavy (non-hydrogen) atoms. The zero-order valence-corrected chi connectivity index (χ0v) is 16.3. The van der Waals surface area contributed by atoms with E-state index in [2.05, 4.69) is 9.17 Å². The van der Waals surface area contributed by atoms with E-state index in [-0.39, 0.29) is 32.7 Å². The van der Waals surface area contributed by atoms with Crippen LogP contribution in [0.4, 0.5) is 26.3 Å². The Morgan fingerprint density at radius 1 is 0.967 bits per heavy atom. The molecule has 0 aliphatic carbocycles. The van der Waals surface area contributed by atoms with Crippen molar-refractivity contribution in [2.24, 2.45) is 0 Å². The summed E-state index contributed by atoms with van der Waals surface area (Å²) in [5.41, 5.74) is -6.78. The van der Waals surface area contributed by atoms with Crippen LogP contribution < -0.4 is 4.18 Å². The molecule has 1 heterocycles. The lowest BCUT2D eigenvalue weighted by Gasteiger charge is -2.15. The van der Waals surface area contributed by atoms with Gasteiger partial charge < -0.3 is 4.18 Å². The Morgan fingerprint density at radius 2 is 1.63 bits per heavy atom. The highest BCUT2D eigenvalue weighted by molar-refractivity contribution is 7.88. The Labute approximate surface area is 171 Å². The fourth-order valence-electron chi connectivity index (χ4n) is 2.76. The van der Waals surface area contributed by atoms with Crippen LogP contribution in [0.15, 0.2) is 42.5 Å². The standard InChI is InChI=1S/C18H10ClF6NO3S/c1-9-7-12(11-3-2-4-14(16(11)26-9)17(20,21)22)13-8-10(5-6-15(13)19)29-30(27,28)18(23,24)25/h2-8H,1H3. The van der Waals surface area contributed by atoms with Gasteiger partial charge in [0.2, 0.25) is 0 Å². The number of para-hydroxylation sites is 1. The molecular formula is C18H10ClF6NO3S. The monoisotopic (exact) mass is 469 g/mol. The number of rotatable bonds is 3. The van der Waals surface area contributed by atoms with Gasteiger partial charge in [-0.1, -0.05) is 23.7 Å². The van der Waals surface area contributed by atoms with E-state index >= 15 is 0 Å². The van der Waals surface area contributed by atoms with E-state index in [0.29, 0.717) is 0 Å². The molecule has 0 bridgehead atoms. The van der Waals surface area contributed by atoms with Gasteiger partial charge >= 0.3 is 21.8 Å². The van der Waals surface area contributed by atoms with Crippen LogP contribution in [0.3, 0.4) is 0 Å². The van der Waals surface area contributed by atoms with Crippen LogP contribution in [0.1, 0.15) is 11.3 Å². The van der Waals surface area contributed by atoms with Crippen molar-refractivity contribution in [2.45, 2.75) is 18.6 Å². The maximum absolute atomic E-state index is 13.4. The number of hydrogen-bond donors (Lipinski definition) is 0. The summed E-state index contributed by atoms with van der Waals surface area (Å²) in [6, 6.07) is 7.58. The molecule has 0 aliphatic heterocycles. The molecule has 0 N–H and O–H groups in total. The number of aryl methyl sites for hydroxylation is 1. The van der Waals surface area contributed by atoms with E-state index in [1.54, 1.807) is 0 Å². The molecule has 0 aliphatic rings. The van der Waals surface area contributed by atoms with Gasteiger partial charge in [0, 0.05) is 21.7 Å². The SMILES string of the molecule is Cc1cc(-c2cc(OS(=O)(=O)C(F)(F)F)ccc2Cl)c2cccc(C(F)(F)F)c2n1. The first-order chi connectivity index (χ1) is 13.7. The number of aromatic nitrogens is 1. The fourth-order valence-corrected chi connectivity index (χ4v) is 3.44. The number of halogens is 7. The minimum atomic E-state index is -5.94. The predicted molar refractivity (Wildman–Crippen MR) is 97.5 cm³/mol. The molecular weight excluding hydrogens is 460 g/mol. The summed E-state index contributed by atoms with van der Waals surface area (Å²) in [4.78, 5) is 3.93. The molecule has 0 saturated carbocycles. The van der Waals surface area contributed by atoms with Gasteiger partial charge in [0.15, 0.2) is 0 Å². The number of fused-ring (bicyclic) bond motifs is 1. The van der Waals surface area contributed by atoms with Crippen molar-refractivity contribution >= 4 is 32.6 Å². The summed E-state index contributed by atoms with van der Waals surface area (Å²) in [5.74, 6) is -0.707. The first-order valence-electron chi connectivity index (χ1n) is 7.99. The van der Waals surface area contributed by atoms with E-state index in [9.17, 15) is 34.8 Å². The lowest BCUT2D eigenvalue weighted by Crippen LogP contribution is -2.28. The highest BCUT2D eigenvalue weighted by atomic mass is 35.5. The molecule has 0 amide bonds. The first-order valence-corrected chi connectivity index (χ1v) is 9.77. The second-order valence-corrected chi connectivity index (χ2v) is 8.08. The smallest absolute Gasteiger partial charge is 0.376 e. The second kappa shape index (κ2) is 7.31. The van der Waals surface area contributed by atoms with Gasteiger partial charge in [0.05, 0.1) is 11.1 Å². The summed E-state index contributed by atoms with van der Waals surface area (Å²) in [5, 5.41) is -0.0239. The molecule has 4 nitrogen and oxygen atoms in total. The van der Waals surface area contributed by atoms with Crippen molar-refractivity contribution in [3.8, 4) is 16.9 Å². The van der Waals surface area contributed by atoms with Gasteiger partial charge in [-0.05, 0) is 42.8 Å². The summed E-state index contributed by atoms with van der Waals surface area (Å²) >= 11 is 6.10. The van der Waals surface area contributed by atoms with Crippen LogP contribution in [0.5, 0.6) is 5.75 Å². The number of hydrogen-bond acceptors (Lipinski definition) is 4. The highest BCUT2D eigenvalue weighted by Crippen LogP contribution is 2.40. The molecule has 0 saturated heterocycles. The Hall–Kier alpha value is -2.53. The third-order valence-electron chi connectivity index (χ3n) is 3.99. The van der Waals surface area contributed by atoms with Crippen LogP contribution >= 0.6 is 11.6 Å². The Morgan fingerprint density at radius 3 is 2.23 bits per heavy atom. The maximum Gasteiger partial charge on any atom is 0.534 e. The number of pyridine rings is 1. The van der Waals surface area contributed by atoms with Crippen molar-refractivity contribution < 1.29 is 38.9 Å². The van der Waals surface area contributed by atoms with E-state index in [1.807, 2.05) is 0 Å². The van der Waals surface area contributed by atoms with Crippen molar-refractivity contribution in [3.05, 3.63) is 58.7 Å². The molecule has 2 aromatic carbocycles. The quantitative estimate of drug-likeness (QED) is 0.264. The average molecular weight is 470 g/mol. The number of alkyl halides is 6. The average Bonchev–Trinajstić information content (AvgIpc) is 2.60. The molecule has 0 fully saturated rings. The summed E-state index contributed by atoms with van der Waals surface area (Å²) in [7, 11) is -5.94. The second-order valence-electron chi connectivity index (χ2n) is 6.14. The highest BCUT2D eigenvalue weighted by Gasteiger charge is 2.48. The Balaban J connectivity index is 2.24. The molecule has 3 rings (SSSR count). The summed E-state index contributed by atoms with van der Waals surface area (Å²) < 4.78 is 104. The van der Waals surface area contributed by atoms with Gasteiger partial charge in [-0.15, -0.1) is 0 Å². The molecule has 0 spiro atoms. The molecule has 3 aromatic rings. The van der Waals surface area contributed by atoms with Crippen LogP contribution in [-0.4, -0.2) is 18.9 Å². The van der Waals surface area contributed by atoms with Crippen molar-refractivity contribution in [3.63, 3.8) is 0 Å². The van der Waals surface area contributed by atoms with Gasteiger partial charge in [-0.3, -0.25) is 4.98 Å². The van der Waals surface area contributed by atoms with E-state index in [1.165, 1.54) is 19.1 Å². The minimum absolute atomic E-state index is 0.0214. The maximum atomic E-state index is 13.4. The Bertz CT molecular complexity index is 1240. The zero-order chi connectivity index (χ0) is 22.5.